The summed E-state index contributed by atoms with van der Waals surface area (Å²) < 4.78 is 5.33. The minimum Gasteiger partial charge on any atom is -0.459 e. The quantitative estimate of drug-likeness (QED) is 0.817. The van der Waals surface area contributed by atoms with E-state index in [0.717, 1.165) is 43.0 Å². The number of esters is 1. The van der Waals surface area contributed by atoms with Crippen LogP contribution in [0.25, 0.3) is 0 Å². The standard InChI is InChI=1S/C19H26N4O3/c1-19(2)8-13(18(25)26-19)7-16(24)23-6-4-15-14(11-23)10-21-17(22-15)12-3-5-20-9-12/h10,12-13,20H,3-9,11H2,1-2H3. The third kappa shape index (κ3) is 3.45. The summed E-state index contributed by atoms with van der Waals surface area (Å²) in [6, 6.07) is 0. The van der Waals surface area contributed by atoms with E-state index in [1.807, 2.05) is 24.9 Å². The lowest BCUT2D eigenvalue weighted by atomic mass is 9.94. The highest BCUT2D eigenvalue weighted by Crippen LogP contribution is 2.33. The molecule has 2 saturated heterocycles. The number of fused-ring (bicyclic) bond motifs is 1. The first kappa shape index (κ1) is 17.4. The summed E-state index contributed by atoms with van der Waals surface area (Å²) in [5, 5.41) is 3.35. The summed E-state index contributed by atoms with van der Waals surface area (Å²) in [5.41, 5.74) is 1.62. The molecule has 0 saturated carbocycles. The number of nitrogens with zero attached hydrogens (tertiary/aromatic N) is 3. The van der Waals surface area contributed by atoms with E-state index in [1.165, 1.54) is 0 Å². The van der Waals surface area contributed by atoms with Crippen molar-refractivity contribution in [1.82, 2.24) is 20.2 Å². The van der Waals surface area contributed by atoms with Crippen LogP contribution >= 0.6 is 0 Å². The molecular weight excluding hydrogens is 332 g/mol. The smallest absolute Gasteiger partial charge is 0.310 e. The number of rotatable bonds is 3. The molecule has 7 heteroatoms. The molecule has 2 unspecified atom stereocenters. The van der Waals surface area contributed by atoms with E-state index in [9.17, 15) is 9.59 Å². The maximum Gasteiger partial charge on any atom is 0.310 e. The summed E-state index contributed by atoms with van der Waals surface area (Å²) >= 11 is 0. The second kappa shape index (κ2) is 6.61. The van der Waals surface area contributed by atoms with Gasteiger partial charge in [-0.25, -0.2) is 9.97 Å². The van der Waals surface area contributed by atoms with E-state index in [0.29, 0.717) is 25.4 Å². The van der Waals surface area contributed by atoms with Crippen LogP contribution in [0.15, 0.2) is 6.20 Å². The number of hydrogen-bond acceptors (Lipinski definition) is 6. The van der Waals surface area contributed by atoms with E-state index >= 15 is 0 Å². The Bertz CT molecular complexity index is 727. The summed E-state index contributed by atoms with van der Waals surface area (Å²) in [6.07, 6.45) is 4.53. The number of amides is 1. The largest absolute Gasteiger partial charge is 0.459 e. The van der Waals surface area contributed by atoms with Gasteiger partial charge in [-0.3, -0.25) is 9.59 Å². The fourth-order valence-electron chi connectivity index (χ4n) is 4.19. The molecule has 0 aliphatic carbocycles. The van der Waals surface area contributed by atoms with Crippen molar-refractivity contribution in [2.24, 2.45) is 5.92 Å². The van der Waals surface area contributed by atoms with Gasteiger partial charge in [-0.1, -0.05) is 0 Å². The van der Waals surface area contributed by atoms with Gasteiger partial charge < -0.3 is 15.0 Å². The maximum atomic E-state index is 12.7. The number of ether oxygens (including phenoxy) is 1. The molecule has 1 amide bonds. The predicted molar refractivity (Wildman–Crippen MR) is 94.3 cm³/mol. The highest BCUT2D eigenvalue weighted by molar-refractivity contribution is 5.84. The Morgan fingerprint density at radius 1 is 1.46 bits per heavy atom. The van der Waals surface area contributed by atoms with Gasteiger partial charge in [0.1, 0.15) is 11.4 Å². The van der Waals surface area contributed by atoms with Gasteiger partial charge in [0.2, 0.25) is 5.91 Å². The molecule has 0 bridgehead atoms. The molecule has 7 nitrogen and oxygen atoms in total. The van der Waals surface area contributed by atoms with Crippen molar-refractivity contribution in [3.8, 4) is 0 Å². The van der Waals surface area contributed by atoms with Gasteiger partial charge >= 0.3 is 5.97 Å². The first-order valence-electron chi connectivity index (χ1n) is 9.47. The number of carbonyl (C=O) groups excluding carboxylic acids is 2. The van der Waals surface area contributed by atoms with Crippen LogP contribution in [-0.2, 0) is 27.3 Å². The normalized spacial score (nSPS) is 27.3. The van der Waals surface area contributed by atoms with E-state index in [4.69, 9.17) is 9.72 Å². The van der Waals surface area contributed by atoms with Crippen LogP contribution in [0.2, 0.25) is 0 Å². The van der Waals surface area contributed by atoms with E-state index in [2.05, 4.69) is 10.3 Å². The second-order valence-electron chi connectivity index (χ2n) is 8.24. The molecule has 1 N–H and O–H groups in total. The number of cyclic esters (lactones) is 1. The van der Waals surface area contributed by atoms with E-state index < -0.39 is 5.60 Å². The molecule has 4 heterocycles. The molecule has 0 aromatic carbocycles. The Morgan fingerprint density at radius 3 is 3.00 bits per heavy atom. The van der Waals surface area contributed by atoms with Crippen molar-refractivity contribution in [3.63, 3.8) is 0 Å². The van der Waals surface area contributed by atoms with Gasteiger partial charge in [0.15, 0.2) is 0 Å². The minimum absolute atomic E-state index is 0.0133. The zero-order valence-corrected chi connectivity index (χ0v) is 15.5. The van der Waals surface area contributed by atoms with Crippen molar-refractivity contribution in [1.29, 1.82) is 0 Å². The summed E-state index contributed by atoms with van der Waals surface area (Å²) in [5.74, 6) is 0.756. The monoisotopic (exact) mass is 358 g/mol. The number of carbonyl (C=O) groups is 2. The maximum absolute atomic E-state index is 12.7. The Labute approximate surface area is 153 Å². The topological polar surface area (TPSA) is 84.4 Å². The number of nitrogens with one attached hydrogen (secondary N) is 1. The van der Waals surface area contributed by atoms with Gasteiger partial charge in [0.05, 0.1) is 11.6 Å². The third-order valence-electron chi connectivity index (χ3n) is 5.60. The lowest BCUT2D eigenvalue weighted by Crippen LogP contribution is -2.38. The first-order chi connectivity index (χ1) is 12.4. The molecule has 3 aliphatic rings. The zero-order valence-electron chi connectivity index (χ0n) is 15.5. The molecule has 26 heavy (non-hydrogen) atoms. The van der Waals surface area contributed by atoms with Crippen molar-refractivity contribution >= 4 is 11.9 Å². The summed E-state index contributed by atoms with van der Waals surface area (Å²) in [7, 11) is 0. The Hall–Kier alpha value is -2.02. The molecule has 140 valence electrons. The average Bonchev–Trinajstić information content (AvgIpc) is 3.22. The molecular formula is C19H26N4O3. The fourth-order valence-corrected chi connectivity index (χ4v) is 4.19. The Morgan fingerprint density at radius 2 is 2.31 bits per heavy atom. The van der Waals surface area contributed by atoms with Crippen molar-refractivity contribution < 1.29 is 14.3 Å². The molecule has 3 aliphatic heterocycles. The molecule has 1 aromatic heterocycles. The highest BCUT2D eigenvalue weighted by Gasteiger charge is 2.41. The van der Waals surface area contributed by atoms with Gasteiger partial charge in [0.25, 0.3) is 0 Å². The number of hydrogen-bond donors (Lipinski definition) is 1. The molecule has 4 rings (SSSR count). The highest BCUT2D eigenvalue weighted by atomic mass is 16.6. The molecule has 0 spiro atoms. The lowest BCUT2D eigenvalue weighted by molar-refractivity contribution is -0.150. The van der Waals surface area contributed by atoms with Crippen LogP contribution < -0.4 is 5.32 Å². The van der Waals surface area contributed by atoms with Gasteiger partial charge in [0, 0.05) is 56.6 Å². The predicted octanol–water partition coefficient (Wildman–Crippen LogP) is 1.17. The minimum atomic E-state index is -0.462. The summed E-state index contributed by atoms with van der Waals surface area (Å²) in [4.78, 5) is 35.7. The molecule has 0 radical (unpaired) electrons. The molecule has 2 fully saturated rings. The van der Waals surface area contributed by atoms with Crippen LogP contribution in [-0.4, -0.2) is 52.0 Å². The van der Waals surface area contributed by atoms with Crippen LogP contribution in [0.4, 0.5) is 0 Å². The van der Waals surface area contributed by atoms with Crippen LogP contribution in [0.1, 0.15) is 56.1 Å². The third-order valence-corrected chi connectivity index (χ3v) is 5.60. The van der Waals surface area contributed by atoms with E-state index in [-0.39, 0.29) is 24.2 Å². The summed E-state index contributed by atoms with van der Waals surface area (Å²) in [6.45, 7) is 6.92. The van der Waals surface area contributed by atoms with Gasteiger partial charge in [-0.2, -0.15) is 0 Å². The average molecular weight is 358 g/mol. The SMILES string of the molecule is CC1(C)CC(CC(=O)N2CCc3nc(C4CCNC4)ncc3C2)C(=O)O1. The van der Waals surface area contributed by atoms with Crippen LogP contribution in [0.3, 0.4) is 0 Å². The fraction of sp³-hybridized carbons (Fsp3) is 0.684. The zero-order chi connectivity index (χ0) is 18.3. The lowest BCUT2D eigenvalue weighted by Gasteiger charge is -2.29. The molecule has 1 aromatic rings. The van der Waals surface area contributed by atoms with Gasteiger partial charge in [-0.05, 0) is 26.8 Å². The van der Waals surface area contributed by atoms with Gasteiger partial charge in [-0.15, -0.1) is 0 Å². The van der Waals surface area contributed by atoms with Crippen molar-refractivity contribution in [2.45, 2.75) is 57.6 Å². The van der Waals surface area contributed by atoms with Crippen LogP contribution in [0, 0.1) is 5.92 Å². The first-order valence-corrected chi connectivity index (χ1v) is 9.47. The second-order valence-corrected chi connectivity index (χ2v) is 8.24. The van der Waals surface area contributed by atoms with Crippen molar-refractivity contribution in [3.05, 3.63) is 23.3 Å². The van der Waals surface area contributed by atoms with Crippen molar-refractivity contribution in [2.75, 3.05) is 19.6 Å². The van der Waals surface area contributed by atoms with Crippen LogP contribution in [0.5, 0.6) is 0 Å². The van der Waals surface area contributed by atoms with E-state index in [1.54, 1.807) is 0 Å². The number of aromatic nitrogens is 2. The molecule has 2 atom stereocenters. The Kier molecular flexibility index (Phi) is 4.42. The Balaban J connectivity index is 1.40.